The lowest BCUT2D eigenvalue weighted by Gasteiger charge is -2.27. The van der Waals surface area contributed by atoms with E-state index >= 15 is 0 Å². The number of hydrogen-bond donors (Lipinski definition) is 2. The smallest absolute Gasteiger partial charge is 0.211 e. The molecule has 0 saturated heterocycles. The Labute approximate surface area is 218 Å². The molecule has 0 bridgehead atoms. The second kappa shape index (κ2) is 13.5. The minimum atomic E-state index is -0.403. The molecule has 0 aromatic carbocycles. The van der Waals surface area contributed by atoms with Crippen molar-refractivity contribution in [1.82, 2.24) is 10.2 Å². The highest BCUT2D eigenvalue weighted by Gasteiger charge is 2.24. The Kier molecular flexibility index (Phi) is 10.4. The molecule has 2 aliphatic rings. The van der Waals surface area contributed by atoms with Crippen LogP contribution in [0.25, 0.3) is 0 Å². The van der Waals surface area contributed by atoms with Crippen LogP contribution < -0.4 is 10.6 Å². The molecule has 3 rings (SSSR count). The van der Waals surface area contributed by atoms with Crippen LogP contribution in [0, 0.1) is 5.92 Å². The number of methoxy groups -OCH3 is 1. The monoisotopic (exact) mass is 511 g/mol. The number of aromatic nitrogens is 2. The van der Waals surface area contributed by atoms with E-state index in [4.69, 9.17) is 4.74 Å². The largest absolute Gasteiger partial charge is 0.371 e. The van der Waals surface area contributed by atoms with Crippen molar-refractivity contribution < 1.29 is 9.13 Å². The molecule has 1 heterocycles. The molecule has 2 aliphatic carbocycles. The van der Waals surface area contributed by atoms with Gasteiger partial charge in [-0.2, -0.15) is 0 Å². The molecule has 8 heteroatoms. The average molecular weight is 512 g/mol. The summed E-state index contributed by atoms with van der Waals surface area (Å²) in [6.45, 7) is 10.4. The van der Waals surface area contributed by atoms with E-state index in [-0.39, 0.29) is 11.9 Å². The maximum atomic E-state index is 14.2. The molecule has 2 N–H and O–H groups in total. The predicted octanol–water partition coefficient (Wildman–Crippen LogP) is 7.17. The topological polar surface area (TPSA) is 71.4 Å². The van der Waals surface area contributed by atoms with E-state index in [2.05, 4.69) is 64.5 Å². The highest BCUT2D eigenvalue weighted by molar-refractivity contribution is 7.19. The Morgan fingerprint density at radius 2 is 2.11 bits per heavy atom. The van der Waals surface area contributed by atoms with Crippen molar-refractivity contribution in [3.8, 4) is 0 Å². The zero-order valence-electron chi connectivity index (χ0n) is 22.0. The Bertz CT molecular complexity index is 1110. The molecule has 194 valence electrons. The molecule has 1 aromatic rings. The highest BCUT2D eigenvalue weighted by atomic mass is 32.1. The summed E-state index contributed by atoms with van der Waals surface area (Å²) in [7, 11) is 3.49. The van der Waals surface area contributed by atoms with Gasteiger partial charge in [0.15, 0.2) is 0 Å². The van der Waals surface area contributed by atoms with Crippen molar-refractivity contribution in [3.63, 3.8) is 0 Å². The minimum absolute atomic E-state index is 0.197. The van der Waals surface area contributed by atoms with Crippen LogP contribution in [0.4, 0.5) is 14.7 Å². The molecule has 0 fully saturated rings. The van der Waals surface area contributed by atoms with Crippen LogP contribution in [-0.4, -0.2) is 42.2 Å². The summed E-state index contributed by atoms with van der Waals surface area (Å²) < 4.78 is 19.9. The summed E-state index contributed by atoms with van der Waals surface area (Å²) in [5.41, 5.74) is 4.70. The fourth-order valence-corrected chi connectivity index (χ4v) is 5.33. The fraction of sp³-hybridized carbons (Fsp3) is 0.464. The first-order valence-electron chi connectivity index (χ1n) is 12.6. The van der Waals surface area contributed by atoms with Gasteiger partial charge in [0, 0.05) is 37.5 Å². The van der Waals surface area contributed by atoms with Gasteiger partial charge in [-0.05, 0) is 62.3 Å². The van der Waals surface area contributed by atoms with Gasteiger partial charge in [0.1, 0.15) is 11.9 Å². The Hall–Kier alpha value is -2.84. The van der Waals surface area contributed by atoms with Gasteiger partial charge >= 0.3 is 0 Å². The molecule has 0 spiro atoms. The SMILES string of the molecule is C=C(Nc1nnc(N[C@@H]2C=C(C)[C@H](C(/C=C\CC)=NC)CC2)s1)[C@@H](OC)C1=CC(CC)=C(F)C=CC1. The predicted molar refractivity (Wildman–Crippen MR) is 150 cm³/mol. The van der Waals surface area contributed by atoms with E-state index < -0.39 is 6.10 Å². The normalized spacial score (nSPS) is 21.8. The number of allylic oxidation sites excluding steroid dienone is 8. The number of hydrogen-bond acceptors (Lipinski definition) is 7. The van der Waals surface area contributed by atoms with E-state index in [1.165, 1.54) is 23.0 Å². The fourth-order valence-electron chi connectivity index (χ4n) is 4.59. The number of ether oxygens (including phenoxy) is 1. The molecular weight excluding hydrogens is 473 g/mol. The number of rotatable bonds is 11. The van der Waals surface area contributed by atoms with Crippen LogP contribution in [0.15, 0.2) is 76.3 Å². The van der Waals surface area contributed by atoms with Crippen molar-refractivity contribution in [3.05, 3.63) is 71.3 Å². The van der Waals surface area contributed by atoms with Crippen LogP contribution in [0.3, 0.4) is 0 Å². The van der Waals surface area contributed by atoms with Crippen molar-refractivity contribution in [2.45, 2.75) is 65.0 Å². The first-order chi connectivity index (χ1) is 17.4. The lowest BCUT2D eigenvalue weighted by Crippen LogP contribution is -2.27. The van der Waals surface area contributed by atoms with Gasteiger partial charge < -0.3 is 15.4 Å². The second-order valence-corrected chi connectivity index (χ2v) is 9.96. The third-order valence-corrected chi connectivity index (χ3v) is 7.24. The number of halogens is 1. The number of anilines is 2. The molecule has 0 amide bonds. The third-order valence-electron chi connectivity index (χ3n) is 6.47. The van der Waals surface area contributed by atoms with E-state index in [1.54, 1.807) is 7.11 Å². The maximum Gasteiger partial charge on any atom is 0.211 e. The van der Waals surface area contributed by atoms with Gasteiger partial charge in [0.2, 0.25) is 10.3 Å². The lowest BCUT2D eigenvalue weighted by atomic mass is 9.83. The summed E-state index contributed by atoms with van der Waals surface area (Å²) in [4.78, 5) is 4.51. The molecule has 3 atom stereocenters. The average Bonchev–Trinajstić information content (AvgIpc) is 3.20. The summed E-state index contributed by atoms with van der Waals surface area (Å²) in [5, 5.41) is 16.7. The van der Waals surface area contributed by atoms with Crippen LogP contribution in [0.5, 0.6) is 0 Å². The summed E-state index contributed by atoms with van der Waals surface area (Å²) in [6, 6.07) is 0.197. The molecule has 0 saturated carbocycles. The maximum absolute atomic E-state index is 14.2. The van der Waals surface area contributed by atoms with Crippen LogP contribution in [0.2, 0.25) is 0 Å². The zero-order valence-corrected chi connectivity index (χ0v) is 22.8. The summed E-state index contributed by atoms with van der Waals surface area (Å²) in [5.74, 6) is 0.163. The molecule has 36 heavy (non-hydrogen) atoms. The van der Waals surface area contributed by atoms with Crippen LogP contribution >= 0.6 is 11.3 Å². The van der Waals surface area contributed by atoms with E-state index in [1.807, 2.05) is 26.1 Å². The Balaban J connectivity index is 1.64. The van der Waals surface area contributed by atoms with Crippen molar-refractivity contribution in [1.29, 1.82) is 0 Å². The van der Waals surface area contributed by atoms with Crippen molar-refractivity contribution >= 4 is 27.3 Å². The standard InChI is InChI=1S/C28H38FN5OS/c1-7-9-13-25(30-5)23-15-14-22(16-18(23)3)32-28-34-33-27(36-28)31-19(4)26(35-6)21-11-10-12-24(29)20(8-2)17-21/h9-10,12-13,16-17,22-23,26H,4,7-8,11,14-15H2,1-3,5-6H3,(H,31,33)(H,32,34)/b13-9-,30-25?/t22-,23+,26+/m0/s1. The lowest BCUT2D eigenvalue weighted by molar-refractivity contribution is 0.159. The molecule has 6 nitrogen and oxygen atoms in total. The second-order valence-electron chi connectivity index (χ2n) is 8.98. The Morgan fingerprint density at radius 1 is 1.33 bits per heavy atom. The number of nitrogens with one attached hydrogen (secondary N) is 2. The number of nitrogens with zero attached hydrogens (tertiary/aromatic N) is 3. The van der Waals surface area contributed by atoms with Gasteiger partial charge in [-0.15, -0.1) is 10.2 Å². The molecule has 0 aliphatic heterocycles. The van der Waals surface area contributed by atoms with Gasteiger partial charge in [-0.3, -0.25) is 4.99 Å². The number of aliphatic imine (C=N–C) groups is 1. The highest BCUT2D eigenvalue weighted by Crippen LogP contribution is 2.31. The first-order valence-corrected chi connectivity index (χ1v) is 13.4. The quantitative estimate of drug-likeness (QED) is 0.243. The van der Waals surface area contributed by atoms with E-state index in [0.29, 0.717) is 35.2 Å². The molecule has 0 unspecified atom stereocenters. The molecule has 1 aromatic heterocycles. The van der Waals surface area contributed by atoms with Gasteiger partial charge in [0.25, 0.3) is 0 Å². The van der Waals surface area contributed by atoms with Crippen molar-refractivity contribution in [2.24, 2.45) is 10.9 Å². The van der Waals surface area contributed by atoms with E-state index in [0.717, 1.165) is 35.7 Å². The summed E-state index contributed by atoms with van der Waals surface area (Å²) >= 11 is 1.44. The summed E-state index contributed by atoms with van der Waals surface area (Å²) in [6.07, 6.45) is 15.6. The van der Waals surface area contributed by atoms with Gasteiger partial charge in [-0.25, -0.2) is 4.39 Å². The third kappa shape index (κ3) is 7.11. The minimum Gasteiger partial charge on any atom is -0.371 e. The van der Waals surface area contributed by atoms with Gasteiger partial charge in [-0.1, -0.05) is 61.6 Å². The zero-order chi connectivity index (χ0) is 26.1. The van der Waals surface area contributed by atoms with Crippen LogP contribution in [-0.2, 0) is 4.74 Å². The first kappa shape index (κ1) is 27.7. The van der Waals surface area contributed by atoms with E-state index in [9.17, 15) is 4.39 Å². The Morgan fingerprint density at radius 3 is 2.78 bits per heavy atom. The molecule has 0 radical (unpaired) electrons. The van der Waals surface area contributed by atoms with Crippen LogP contribution in [0.1, 0.15) is 52.9 Å². The molecular formula is C28H38FN5OS. The van der Waals surface area contributed by atoms with Gasteiger partial charge in [0.05, 0.1) is 0 Å². The van der Waals surface area contributed by atoms with Crippen molar-refractivity contribution in [2.75, 3.05) is 24.8 Å².